The van der Waals surface area contributed by atoms with Crippen LogP contribution in [0.2, 0.25) is 0 Å². The van der Waals surface area contributed by atoms with Crippen LogP contribution in [0.1, 0.15) is 39.5 Å². The fourth-order valence-electron chi connectivity index (χ4n) is 5.09. The van der Waals surface area contributed by atoms with Crippen LogP contribution < -0.4 is 11.2 Å². The van der Waals surface area contributed by atoms with Gasteiger partial charge in [-0.2, -0.15) is 0 Å². The molecule has 4 rings (SSSR count). The van der Waals surface area contributed by atoms with Crippen molar-refractivity contribution in [2.24, 2.45) is 17.8 Å². The Bertz CT molecular complexity index is 1090. The average molecular weight is 467 g/mol. The second kappa shape index (κ2) is 10.4. The minimum atomic E-state index is -0.390. The summed E-state index contributed by atoms with van der Waals surface area (Å²) in [6.07, 6.45) is 3.16. The van der Waals surface area contributed by atoms with Crippen molar-refractivity contribution in [2.45, 2.75) is 46.1 Å². The number of aromatic amines is 1. The predicted molar refractivity (Wildman–Crippen MR) is 130 cm³/mol. The van der Waals surface area contributed by atoms with Gasteiger partial charge in [0.2, 0.25) is 11.8 Å². The summed E-state index contributed by atoms with van der Waals surface area (Å²) in [5, 5.41) is 0. The molecule has 2 aliphatic rings. The molecule has 1 aromatic carbocycles. The van der Waals surface area contributed by atoms with Gasteiger partial charge in [0, 0.05) is 50.6 Å². The molecule has 34 heavy (non-hydrogen) atoms. The molecule has 0 spiro atoms. The Morgan fingerprint density at radius 3 is 2.15 bits per heavy atom. The second-order valence-electron chi connectivity index (χ2n) is 9.83. The number of hydrogen-bond acceptors (Lipinski definition) is 4. The van der Waals surface area contributed by atoms with E-state index in [9.17, 15) is 19.2 Å². The molecule has 2 aromatic rings. The van der Waals surface area contributed by atoms with Gasteiger partial charge in [-0.05, 0) is 37.2 Å². The van der Waals surface area contributed by atoms with E-state index < -0.39 is 5.69 Å². The fourth-order valence-corrected chi connectivity index (χ4v) is 5.09. The van der Waals surface area contributed by atoms with Gasteiger partial charge in [-0.1, -0.05) is 44.2 Å². The van der Waals surface area contributed by atoms with Gasteiger partial charge in [-0.15, -0.1) is 0 Å². The third-order valence-corrected chi connectivity index (χ3v) is 7.14. The summed E-state index contributed by atoms with van der Waals surface area (Å²) >= 11 is 0. The van der Waals surface area contributed by atoms with Crippen LogP contribution in [0.5, 0.6) is 0 Å². The first-order valence-corrected chi connectivity index (χ1v) is 12.3. The summed E-state index contributed by atoms with van der Waals surface area (Å²) in [6.45, 7) is 6.56. The van der Waals surface area contributed by atoms with Crippen LogP contribution in [0.4, 0.5) is 0 Å². The highest BCUT2D eigenvalue weighted by Crippen LogP contribution is 2.31. The van der Waals surface area contributed by atoms with Crippen LogP contribution in [-0.2, 0) is 16.1 Å². The molecule has 0 bridgehead atoms. The van der Waals surface area contributed by atoms with E-state index in [-0.39, 0.29) is 35.1 Å². The van der Waals surface area contributed by atoms with Crippen molar-refractivity contribution in [3.63, 3.8) is 0 Å². The number of H-pyrrole nitrogens is 1. The van der Waals surface area contributed by atoms with E-state index in [0.29, 0.717) is 38.4 Å². The van der Waals surface area contributed by atoms with E-state index in [2.05, 4.69) is 4.98 Å². The highest BCUT2D eigenvalue weighted by molar-refractivity contribution is 5.80. The molecule has 2 fully saturated rings. The third kappa shape index (κ3) is 5.32. The molecule has 0 atom stereocenters. The molecule has 0 radical (unpaired) electrons. The van der Waals surface area contributed by atoms with Gasteiger partial charge in [0.05, 0.1) is 5.69 Å². The standard InChI is InChI=1S/C26H34N4O4/c1-18(2)24(32)28-12-14-29(15-13-28)25(33)21-10-8-19(9-11-21)17-30-23(31)16-22(27-26(30)34)20-6-4-3-5-7-20/h3-7,16,18-19,21H,8-15,17H2,1-2H3,(H,27,34). The van der Waals surface area contributed by atoms with Crippen LogP contribution in [0.25, 0.3) is 11.3 Å². The lowest BCUT2D eigenvalue weighted by atomic mass is 9.81. The lowest BCUT2D eigenvalue weighted by Crippen LogP contribution is -2.53. The summed E-state index contributed by atoms with van der Waals surface area (Å²) in [5.41, 5.74) is 0.640. The van der Waals surface area contributed by atoms with Crippen molar-refractivity contribution < 1.29 is 9.59 Å². The van der Waals surface area contributed by atoms with Gasteiger partial charge >= 0.3 is 5.69 Å². The van der Waals surface area contributed by atoms with Gasteiger partial charge in [0.1, 0.15) is 0 Å². The zero-order chi connectivity index (χ0) is 24.2. The molecule has 1 aliphatic heterocycles. The summed E-state index contributed by atoms with van der Waals surface area (Å²) in [5.74, 6) is 0.490. The summed E-state index contributed by atoms with van der Waals surface area (Å²) in [6, 6.07) is 10.8. The van der Waals surface area contributed by atoms with E-state index in [1.54, 1.807) is 0 Å². The monoisotopic (exact) mass is 466 g/mol. The normalized spacial score (nSPS) is 21.0. The number of carbonyl (C=O) groups excluding carboxylic acids is 2. The highest BCUT2D eigenvalue weighted by Gasteiger charge is 2.32. The van der Waals surface area contributed by atoms with Crippen molar-refractivity contribution in [2.75, 3.05) is 26.2 Å². The van der Waals surface area contributed by atoms with E-state index in [1.165, 1.54) is 10.6 Å². The summed E-state index contributed by atoms with van der Waals surface area (Å²) < 4.78 is 1.28. The van der Waals surface area contributed by atoms with Gasteiger partial charge in [-0.3, -0.25) is 19.0 Å². The molecule has 182 valence electrons. The van der Waals surface area contributed by atoms with E-state index in [1.807, 2.05) is 54.0 Å². The Balaban J connectivity index is 1.31. The van der Waals surface area contributed by atoms with Crippen molar-refractivity contribution in [1.29, 1.82) is 0 Å². The molecule has 1 aromatic heterocycles. The Morgan fingerprint density at radius 2 is 1.56 bits per heavy atom. The van der Waals surface area contributed by atoms with Crippen molar-refractivity contribution >= 4 is 11.8 Å². The maximum absolute atomic E-state index is 13.0. The van der Waals surface area contributed by atoms with Crippen molar-refractivity contribution in [1.82, 2.24) is 19.4 Å². The lowest BCUT2D eigenvalue weighted by molar-refractivity contribution is -0.144. The summed E-state index contributed by atoms with van der Waals surface area (Å²) in [4.78, 5) is 57.1. The minimum Gasteiger partial charge on any atom is -0.339 e. The lowest BCUT2D eigenvalue weighted by Gasteiger charge is -2.38. The number of aromatic nitrogens is 2. The maximum Gasteiger partial charge on any atom is 0.328 e. The number of carbonyl (C=O) groups is 2. The Kier molecular flexibility index (Phi) is 7.34. The molecule has 8 heteroatoms. The molecule has 8 nitrogen and oxygen atoms in total. The molecular formula is C26H34N4O4. The van der Waals surface area contributed by atoms with Crippen LogP contribution >= 0.6 is 0 Å². The van der Waals surface area contributed by atoms with Crippen LogP contribution in [0.3, 0.4) is 0 Å². The first-order valence-electron chi connectivity index (χ1n) is 12.3. The Labute approximate surface area is 199 Å². The molecule has 1 saturated carbocycles. The van der Waals surface area contributed by atoms with Crippen molar-refractivity contribution in [3.8, 4) is 11.3 Å². The summed E-state index contributed by atoms with van der Waals surface area (Å²) in [7, 11) is 0. The first kappa shape index (κ1) is 24.0. The number of piperazine rings is 1. The fraction of sp³-hybridized carbons (Fsp3) is 0.538. The number of nitrogens with one attached hydrogen (secondary N) is 1. The number of amides is 2. The zero-order valence-corrected chi connectivity index (χ0v) is 20.0. The first-order chi connectivity index (χ1) is 16.3. The number of benzene rings is 1. The zero-order valence-electron chi connectivity index (χ0n) is 20.0. The Hall–Kier alpha value is -3.16. The number of nitrogens with zero attached hydrogens (tertiary/aromatic N) is 3. The highest BCUT2D eigenvalue weighted by atomic mass is 16.2. The Morgan fingerprint density at radius 1 is 0.941 bits per heavy atom. The molecule has 1 N–H and O–H groups in total. The minimum absolute atomic E-state index is 0.0148. The smallest absolute Gasteiger partial charge is 0.328 e. The van der Waals surface area contributed by atoms with Crippen LogP contribution in [0, 0.1) is 17.8 Å². The van der Waals surface area contributed by atoms with Gasteiger partial charge in [0.25, 0.3) is 5.56 Å². The van der Waals surface area contributed by atoms with E-state index >= 15 is 0 Å². The molecule has 2 heterocycles. The average Bonchev–Trinajstić information content (AvgIpc) is 2.86. The van der Waals surface area contributed by atoms with Crippen molar-refractivity contribution in [3.05, 3.63) is 57.2 Å². The van der Waals surface area contributed by atoms with Crippen LogP contribution in [-0.4, -0.2) is 57.3 Å². The topological polar surface area (TPSA) is 95.5 Å². The molecule has 1 aliphatic carbocycles. The van der Waals surface area contributed by atoms with E-state index in [0.717, 1.165) is 31.2 Å². The number of rotatable bonds is 5. The quantitative estimate of drug-likeness (QED) is 0.732. The molecule has 1 saturated heterocycles. The van der Waals surface area contributed by atoms with Crippen LogP contribution in [0.15, 0.2) is 46.0 Å². The largest absolute Gasteiger partial charge is 0.339 e. The predicted octanol–water partition coefficient (Wildman–Crippen LogP) is 2.34. The SMILES string of the molecule is CC(C)C(=O)N1CCN(C(=O)C2CCC(Cn3c(=O)cc(-c4ccccc4)[nH]c3=O)CC2)CC1. The third-order valence-electron chi connectivity index (χ3n) is 7.14. The van der Waals surface area contributed by atoms with Gasteiger partial charge in [0.15, 0.2) is 0 Å². The van der Waals surface area contributed by atoms with E-state index in [4.69, 9.17) is 0 Å². The van der Waals surface area contributed by atoms with Gasteiger partial charge < -0.3 is 14.8 Å². The number of hydrogen-bond donors (Lipinski definition) is 1. The maximum atomic E-state index is 13.0. The second-order valence-corrected chi connectivity index (χ2v) is 9.83. The molecule has 0 unspecified atom stereocenters. The van der Waals surface area contributed by atoms with Gasteiger partial charge in [-0.25, -0.2) is 4.79 Å². The molecular weight excluding hydrogens is 432 g/mol. The molecule has 2 amide bonds.